The Morgan fingerprint density at radius 3 is 3.05 bits per heavy atom. The lowest BCUT2D eigenvalue weighted by Gasteiger charge is -2.23. The van der Waals surface area contributed by atoms with Gasteiger partial charge in [0.1, 0.15) is 11.3 Å². The molecule has 0 radical (unpaired) electrons. The summed E-state index contributed by atoms with van der Waals surface area (Å²) in [6.07, 6.45) is 5.13. The van der Waals surface area contributed by atoms with Crippen LogP contribution >= 0.6 is 0 Å². The van der Waals surface area contributed by atoms with Crippen molar-refractivity contribution >= 4 is 16.9 Å². The van der Waals surface area contributed by atoms with Gasteiger partial charge in [0, 0.05) is 17.5 Å². The Kier molecular flexibility index (Phi) is 2.90. The molecule has 1 aromatic heterocycles. The van der Waals surface area contributed by atoms with E-state index < -0.39 is 0 Å². The lowest BCUT2D eigenvalue weighted by atomic mass is 10.1. The maximum atomic E-state index is 12.5. The highest BCUT2D eigenvalue weighted by Crippen LogP contribution is 2.23. The molecule has 2 aromatic rings. The molecule has 1 aromatic carbocycles. The number of amides is 1. The number of carbonyl (C=O) groups is 1. The van der Waals surface area contributed by atoms with Gasteiger partial charge in [-0.3, -0.25) is 4.79 Å². The van der Waals surface area contributed by atoms with Crippen molar-refractivity contribution in [2.45, 2.75) is 26.3 Å². The number of nitrogens with zero attached hydrogens (tertiary/aromatic N) is 1. The Labute approximate surface area is 112 Å². The summed E-state index contributed by atoms with van der Waals surface area (Å²) >= 11 is 0. The van der Waals surface area contributed by atoms with Gasteiger partial charge in [0.05, 0.1) is 6.04 Å². The Morgan fingerprint density at radius 1 is 1.42 bits per heavy atom. The molecule has 3 rings (SSSR count). The van der Waals surface area contributed by atoms with Gasteiger partial charge < -0.3 is 9.32 Å². The van der Waals surface area contributed by atoms with Crippen LogP contribution in [0.1, 0.15) is 29.5 Å². The first-order valence-corrected chi connectivity index (χ1v) is 6.67. The molecule has 3 heteroatoms. The number of fused-ring (bicyclic) bond motifs is 1. The summed E-state index contributed by atoms with van der Waals surface area (Å²) in [5.74, 6) is 0.964. The third kappa shape index (κ3) is 2.05. The van der Waals surface area contributed by atoms with Crippen LogP contribution in [0.2, 0.25) is 0 Å². The number of hydrogen-bond acceptors (Lipinski definition) is 2. The molecule has 1 aliphatic rings. The monoisotopic (exact) mass is 255 g/mol. The molecule has 2 heterocycles. The molecule has 0 aliphatic carbocycles. The van der Waals surface area contributed by atoms with E-state index in [1.807, 2.05) is 36.1 Å². The minimum Gasteiger partial charge on any atom is -0.461 e. The topological polar surface area (TPSA) is 33.5 Å². The Hall–Kier alpha value is -2.03. The fourth-order valence-corrected chi connectivity index (χ4v) is 2.64. The first-order chi connectivity index (χ1) is 9.19. The van der Waals surface area contributed by atoms with Crippen LogP contribution in [0, 0.1) is 6.92 Å². The Balaban J connectivity index is 1.93. The predicted molar refractivity (Wildman–Crippen MR) is 75.2 cm³/mol. The zero-order valence-corrected chi connectivity index (χ0v) is 11.2. The highest BCUT2D eigenvalue weighted by atomic mass is 16.3. The minimum atomic E-state index is 0.0950. The number of benzene rings is 1. The zero-order chi connectivity index (χ0) is 13.4. The summed E-state index contributed by atoms with van der Waals surface area (Å²) < 4.78 is 5.53. The molecule has 19 heavy (non-hydrogen) atoms. The second kappa shape index (κ2) is 4.57. The molecule has 0 saturated heterocycles. The average molecular weight is 255 g/mol. The first-order valence-electron chi connectivity index (χ1n) is 6.67. The van der Waals surface area contributed by atoms with Crippen LogP contribution < -0.4 is 0 Å². The number of carbonyl (C=O) groups excluding carboxylic acids is 1. The van der Waals surface area contributed by atoms with Crippen molar-refractivity contribution in [3.8, 4) is 0 Å². The molecule has 3 nitrogen and oxygen atoms in total. The van der Waals surface area contributed by atoms with E-state index in [0.29, 0.717) is 6.54 Å². The maximum Gasteiger partial charge on any atom is 0.254 e. The van der Waals surface area contributed by atoms with E-state index >= 15 is 0 Å². The molecule has 0 saturated carbocycles. The summed E-state index contributed by atoms with van der Waals surface area (Å²) in [4.78, 5) is 14.4. The van der Waals surface area contributed by atoms with Crippen molar-refractivity contribution in [1.29, 1.82) is 0 Å². The van der Waals surface area contributed by atoms with Crippen LogP contribution in [-0.2, 0) is 0 Å². The molecular weight excluding hydrogens is 238 g/mol. The van der Waals surface area contributed by atoms with Crippen molar-refractivity contribution in [3.05, 3.63) is 47.7 Å². The standard InChI is InChI=1S/C16H17NO2/c1-3-14-5-4-8-17(14)16(18)12-6-7-15-13(10-12)9-11(2)19-15/h4-7,9-10,14H,3,8H2,1-2H3. The maximum absolute atomic E-state index is 12.5. The number of rotatable bonds is 2. The van der Waals surface area contributed by atoms with Gasteiger partial charge in [-0.05, 0) is 37.6 Å². The van der Waals surface area contributed by atoms with Crippen LogP contribution in [0.4, 0.5) is 0 Å². The highest BCUT2D eigenvalue weighted by molar-refractivity contribution is 5.98. The molecule has 1 amide bonds. The fraction of sp³-hybridized carbons (Fsp3) is 0.312. The number of furan rings is 1. The van der Waals surface area contributed by atoms with E-state index in [2.05, 4.69) is 19.1 Å². The van der Waals surface area contributed by atoms with Crippen LogP contribution in [0.15, 0.2) is 40.8 Å². The molecule has 1 atom stereocenters. The van der Waals surface area contributed by atoms with Gasteiger partial charge in [-0.25, -0.2) is 0 Å². The third-order valence-electron chi connectivity index (χ3n) is 3.63. The van der Waals surface area contributed by atoms with E-state index in [-0.39, 0.29) is 11.9 Å². The molecule has 1 unspecified atom stereocenters. The van der Waals surface area contributed by atoms with Crippen molar-refractivity contribution in [2.24, 2.45) is 0 Å². The minimum absolute atomic E-state index is 0.0950. The van der Waals surface area contributed by atoms with Gasteiger partial charge in [-0.15, -0.1) is 0 Å². The van der Waals surface area contributed by atoms with Crippen LogP contribution in [0.3, 0.4) is 0 Å². The molecular formula is C16H17NO2. The van der Waals surface area contributed by atoms with Crippen LogP contribution in [0.25, 0.3) is 11.0 Å². The third-order valence-corrected chi connectivity index (χ3v) is 3.63. The van der Waals surface area contributed by atoms with E-state index in [1.54, 1.807) is 0 Å². The highest BCUT2D eigenvalue weighted by Gasteiger charge is 2.24. The van der Waals surface area contributed by atoms with Crippen LogP contribution in [-0.4, -0.2) is 23.4 Å². The van der Waals surface area contributed by atoms with Gasteiger partial charge in [0.15, 0.2) is 0 Å². The number of hydrogen-bond donors (Lipinski definition) is 0. The molecule has 0 bridgehead atoms. The van der Waals surface area contributed by atoms with Gasteiger partial charge in [0.2, 0.25) is 0 Å². The Morgan fingerprint density at radius 2 is 2.26 bits per heavy atom. The number of aryl methyl sites for hydroxylation is 1. The summed E-state index contributed by atoms with van der Waals surface area (Å²) in [7, 11) is 0. The zero-order valence-electron chi connectivity index (χ0n) is 11.2. The SMILES string of the molecule is CCC1C=CCN1C(=O)c1ccc2oc(C)cc2c1. The van der Waals surface area contributed by atoms with Gasteiger partial charge >= 0.3 is 0 Å². The Bertz CT molecular complexity index is 654. The largest absolute Gasteiger partial charge is 0.461 e. The molecule has 0 spiro atoms. The first kappa shape index (κ1) is 12.0. The summed E-state index contributed by atoms with van der Waals surface area (Å²) in [6.45, 7) is 4.72. The van der Waals surface area contributed by atoms with E-state index in [0.717, 1.165) is 28.7 Å². The molecule has 0 N–H and O–H groups in total. The van der Waals surface area contributed by atoms with Crippen molar-refractivity contribution < 1.29 is 9.21 Å². The molecule has 98 valence electrons. The van der Waals surface area contributed by atoms with Crippen molar-refractivity contribution in [3.63, 3.8) is 0 Å². The summed E-state index contributed by atoms with van der Waals surface area (Å²) in [6, 6.07) is 7.83. The second-order valence-electron chi connectivity index (χ2n) is 4.97. The van der Waals surface area contributed by atoms with Crippen molar-refractivity contribution in [2.75, 3.05) is 6.54 Å². The molecule has 0 fully saturated rings. The van der Waals surface area contributed by atoms with Gasteiger partial charge in [0.25, 0.3) is 5.91 Å². The fourth-order valence-electron chi connectivity index (χ4n) is 2.64. The summed E-state index contributed by atoms with van der Waals surface area (Å²) in [5, 5.41) is 0.989. The summed E-state index contributed by atoms with van der Waals surface area (Å²) in [5.41, 5.74) is 1.57. The lowest BCUT2D eigenvalue weighted by molar-refractivity contribution is 0.0748. The normalized spacial score (nSPS) is 18.4. The van der Waals surface area contributed by atoms with E-state index in [9.17, 15) is 4.79 Å². The van der Waals surface area contributed by atoms with Gasteiger partial charge in [-0.2, -0.15) is 0 Å². The quantitative estimate of drug-likeness (QED) is 0.769. The van der Waals surface area contributed by atoms with E-state index in [4.69, 9.17) is 4.42 Å². The van der Waals surface area contributed by atoms with E-state index in [1.165, 1.54) is 0 Å². The second-order valence-corrected chi connectivity index (χ2v) is 4.97. The smallest absolute Gasteiger partial charge is 0.254 e. The predicted octanol–water partition coefficient (Wildman–Crippen LogP) is 3.53. The average Bonchev–Trinajstić information content (AvgIpc) is 3.01. The lowest BCUT2D eigenvalue weighted by Crippen LogP contribution is -2.35. The van der Waals surface area contributed by atoms with Crippen molar-refractivity contribution in [1.82, 2.24) is 4.90 Å². The van der Waals surface area contributed by atoms with Crippen LogP contribution in [0.5, 0.6) is 0 Å². The molecule has 1 aliphatic heterocycles. The van der Waals surface area contributed by atoms with Gasteiger partial charge in [-0.1, -0.05) is 19.1 Å².